The number of oxazole rings is 1. The summed E-state index contributed by atoms with van der Waals surface area (Å²) in [5, 5.41) is 9.86. The van der Waals surface area contributed by atoms with E-state index < -0.39 is 0 Å². The zero-order valence-corrected chi connectivity index (χ0v) is 7.34. The highest BCUT2D eigenvalue weighted by Crippen LogP contribution is 2.22. The highest BCUT2D eigenvalue weighted by molar-refractivity contribution is 7.99. The van der Waals surface area contributed by atoms with Crippen LogP contribution in [0.3, 0.4) is 0 Å². The van der Waals surface area contributed by atoms with Crippen molar-refractivity contribution < 1.29 is 9.52 Å². The second kappa shape index (κ2) is 3.78. The SMILES string of the molecule is CC(O)C(C)Sc1ncco1. The van der Waals surface area contributed by atoms with Crippen LogP contribution in [0.2, 0.25) is 0 Å². The largest absolute Gasteiger partial charge is 0.440 e. The van der Waals surface area contributed by atoms with Crippen LogP contribution in [0.25, 0.3) is 0 Å². The van der Waals surface area contributed by atoms with Gasteiger partial charge >= 0.3 is 0 Å². The molecule has 3 nitrogen and oxygen atoms in total. The molecule has 0 aromatic carbocycles. The van der Waals surface area contributed by atoms with Gasteiger partial charge in [0, 0.05) is 5.25 Å². The Bertz CT molecular complexity index is 198. The Labute approximate surface area is 69.8 Å². The van der Waals surface area contributed by atoms with Crippen LogP contribution in [0.4, 0.5) is 0 Å². The van der Waals surface area contributed by atoms with Gasteiger partial charge in [-0.15, -0.1) is 0 Å². The third kappa shape index (κ3) is 2.55. The fraction of sp³-hybridized carbons (Fsp3) is 0.571. The van der Waals surface area contributed by atoms with E-state index in [9.17, 15) is 0 Å². The lowest BCUT2D eigenvalue weighted by Gasteiger charge is -2.10. The van der Waals surface area contributed by atoms with Gasteiger partial charge in [0.05, 0.1) is 12.3 Å². The van der Waals surface area contributed by atoms with Crippen LogP contribution >= 0.6 is 11.8 Å². The van der Waals surface area contributed by atoms with E-state index in [1.165, 1.54) is 18.0 Å². The lowest BCUT2D eigenvalue weighted by molar-refractivity contribution is 0.196. The smallest absolute Gasteiger partial charge is 0.255 e. The fourth-order valence-corrected chi connectivity index (χ4v) is 1.27. The van der Waals surface area contributed by atoms with Crippen molar-refractivity contribution in [1.29, 1.82) is 0 Å². The number of aliphatic hydroxyl groups excluding tert-OH is 1. The van der Waals surface area contributed by atoms with Crippen molar-refractivity contribution in [3.05, 3.63) is 12.5 Å². The van der Waals surface area contributed by atoms with Gasteiger partial charge in [-0.1, -0.05) is 18.7 Å². The molecule has 11 heavy (non-hydrogen) atoms. The van der Waals surface area contributed by atoms with E-state index in [0.717, 1.165) is 0 Å². The van der Waals surface area contributed by atoms with E-state index >= 15 is 0 Å². The summed E-state index contributed by atoms with van der Waals surface area (Å²) in [6, 6.07) is 0. The lowest BCUT2D eigenvalue weighted by Crippen LogP contribution is -2.14. The predicted octanol–water partition coefficient (Wildman–Crippen LogP) is 1.54. The summed E-state index contributed by atoms with van der Waals surface area (Å²) in [6.45, 7) is 3.68. The minimum Gasteiger partial charge on any atom is -0.440 e. The molecule has 1 aromatic heterocycles. The van der Waals surface area contributed by atoms with E-state index in [-0.39, 0.29) is 11.4 Å². The molecule has 0 aliphatic heterocycles. The Balaban J connectivity index is 2.43. The molecular formula is C7H11NO2S. The van der Waals surface area contributed by atoms with Crippen molar-refractivity contribution in [2.24, 2.45) is 0 Å². The summed E-state index contributed by atoms with van der Waals surface area (Å²) >= 11 is 1.43. The predicted molar refractivity (Wildman–Crippen MR) is 43.5 cm³/mol. The standard InChI is InChI=1S/C7H11NO2S/c1-5(9)6(2)11-7-8-3-4-10-7/h3-6,9H,1-2H3. The van der Waals surface area contributed by atoms with E-state index in [4.69, 9.17) is 9.52 Å². The molecule has 1 N–H and O–H groups in total. The van der Waals surface area contributed by atoms with Crippen LogP contribution in [0.15, 0.2) is 22.1 Å². The van der Waals surface area contributed by atoms with Gasteiger partial charge in [-0.25, -0.2) is 4.98 Å². The highest BCUT2D eigenvalue weighted by atomic mass is 32.2. The number of rotatable bonds is 3. The summed E-state index contributed by atoms with van der Waals surface area (Å²) < 4.78 is 5.00. The van der Waals surface area contributed by atoms with Gasteiger partial charge in [-0.3, -0.25) is 0 Å². The van der Waals surface area contributed by atoms with Crippen molar-refractivity contribution >= 4 is 11.8 Å². The number of hydrogen-bond donors (Lipinski definition) is 1. The van der Waals surface area contributed by atoms with E-state index in [1.54, 1.807) is 13.1 Å². The van der Waals surface area contributed by atoms with Crippen molar-refractivity contribution in [2.75, 3.05) is 0 Å². The number of thioether (sulfide) groups is 1. The van der Waals surface area contributed by atoms with E-state index in [0.29, 0.717) is 5.22 Å². The van der Waals surface area contributed by atoms with Crippen molar-refractivity contribution in [3.8, 4) is 0 Å². The minimum absolute atomic E-state index is 0.119. The minimum atomic E-state index is -0.341. The van der Waals surface area contributed by atoms with Crippen LogP contribution in [0, 0.1) is 0 Å². The number of aromatic nitrogens is 1. The zero-order valence-electron chi connectivity index (χ0n) is 6.52. The number of aliphatic hydroxyl groups is 1. The van der Waals surface area contributed by atoms with Crippen LogP contribution in [0.1, 0.15) is 13.8 Å². The molecule has 0 bridgehead atoms. The topological polar surface area (TPSA) is 46.3 Å². The third-order valence-electron chi connectivity index (χ3n) is 1.38. The molecule has 2 unspecified atom stereocenters. The first-order valence-electron chi connectivity index (χ1n) is 3.44. The maximum absolute atomic E-state index is 9.13. The first kappa shape index (κ1) is 8.62. The Morgan fingerprint density at radius 3 is 2.82 bits per heavy atom. The molecule has 62 valence electrons. The summed E-state index contributed by atoms with van der Waals surface area (Å²) in [4.78, 5) is 3.92. The molecule has 0 amide bonds. The summed E-state index contributed by atoms with van der Waals surface area (Å²) in [5.74, 6) is 0. The highest BCUT2D eigenvalue weighted by Gasteiger charge is 2.12. The van der Waals surface area contributed by atoms with Crippen LogP contribution in [-0.2, 0) is 0 Å². The second-order valence-corrected chi connectivity index (χ2v) is 3.69. The Hall–Kier alpha value is -0.480. The molecule has 0 radical (unpaired) electrons. The second-order valence-electron chi connectivity index (χ2n) is 2.36. The van der Waals surface area contributed by atoms with Gasteiger partial charge in [-0.05, 0) is 6.92 Å². The quantitative estimate of drug-likeness (QED) is 0.704. The van der Waals surface area contributed by atoms with Crippen LogP contribution in [0.5, 0.6) is 0 Å². The van der Waals surface area contributed by atoms with Crippen molar-refractivity contribution in [2.45, 2.75) is 30.4 Å². The average Bonchev–Trinajstić information content (AvgIpc) is 2.39. The molecule has 0 aliphatic rings. The van der Waals surface area contributed by atoms with Crippen molar-refractivity contribution in [3.63, 3.8) is 0 Å². The van der Waals surface area contributed by atoms with Gasteiger partial charge in [0.1, 0.15) is 6.26 Å². The molecule has 4 heteroatoms. The zero-order chi connectivity index (χ0) is 8.27. The van der Waals surface area contributed by atoms with E-state index in [1.807, 2.05) is 6.92 Å². The third-order valence-corrected chi connectivity index (χ3v) is 2.54. The van der Waals surface area contributed by atoms with Gasteiger partial charge < -0.3 is 9.52 Å². The van der Waals surface area contributed by atoms with Gasteiger partial charge in [-0.2, -0.15) is 0 Å². The molecule has 2 atom stereocenters. The maximum atomic E-state index is 9.13. The number of hydrogen-bond acceptors (Lipinski definition) is 4. The van der Waals surface area contributed by atoms with E-state index in [2.05, 4.69) is 4.98 Å². The molecule has 0 fully saturated rings. The maximum Gasteiger partial charge on any atom is 0.255 e. The van der Waals surface area contributed by atoms with Crippen LogP contribution < -0.4 is 0 Å². The van der Waals surface area contributed by atoms with Gasteiger partial charge in [0.15, 0.2) is 0 Å². The Morgan fingerprint density at radius 1 is 1.64 bits per heavy atom. The normalized spacial score (nSPS) is 16.3. The Morgan fingerprint density at radius 2 is 2.36 bits per heavy atom. The molecule has 0 aliphatic carbocycles. The Kier molecular flexibility index (Phi) is 2.96. The van der Waals surface area contributed by atoms with Crippen LogP contribution in [-0.4, -0.2) is 21.4 Å². The summed E-state index contributed by atoms with van der Waals surface area (Å²) in [7, 11) is 0. The molecule has 0 saturated heterocycles. The molecule has 1 rings (SSSR count). The molecule has 1 heterocycles. The fourth-order valence-electron chi connectivity index (χ4n) is 0.526. The molecule has 0 spiro atoms. The van der Waals surface area contributed by atoms with Gasteiger partial charge in [0.25, 0.3) is 5.22 Å². The summed E-state index contributed by atoms with van der Waals surface area (Å²) in [5.41, 5.74) is 0. The summed E-state index contributed by atoms with van der Waals surface area (Å²) in [6.07, 6.45) is 2.78. The van der Waals surface area contributed by atoms with Gasteiger partial charge in [0.2, 0.25) is 0 Å². The molecule has 1 aromatic rings. The molecular weight excluding hydrogens is 162 g/mol. The first-order chi connectivity index (χ1) is 5.20. The average molecular weight is 173 g/mol. The monoisotopic (exact) mass is 173 g/mol. The first-order valence-corrected chi connectivity index (χ1v) is 4.32. The number of nitrogens with zero attached hydrogens (tertiary/aromatic N) is 1. The van der Waals surface area contributed by atoms with Crippen molar-refractivity contribution in [1.82, 2.24) is 4.98 Å². The lowest BCUT2D eigenvalue weighted by atomic mass is 10.3. The molecule has 0 saturated carbocycles.